The number of benzene rings is 1. The third-order valence-corrected chi connectivity index (χ3v) is 5.23. The molecule has 1 spiro atoms. The molecule has 1 atom stereocenters. The summed E-state index contributed by atoms with van der Waals surface area (Å²) in [6.07, 6.45) is 5.33. The maximum atomic E-state index is 12.4. The second-order valence-electron chi connectivity index (χ2n) is 7.17. The topological polar surface area (TPSA) is 60.0 Å². The first kappa shape index (κ1) is 16.7. The van der Waals surface area contributed by atoms with E-state index in [1.54, 1.807) is 0 Å². The second kappa shape index (κ2) is 6.84. The molecule has 2 heterocycles. The Morgan fingerprint density at radius 2 is 2.08 bits per heavy atom. The number of hydrogen-bond acceptors (Lipinski definition) is 5. The Morgan fingerprint density at radius 3 is 2.88 bits per heavy atom. The molecule has 0 aromatic heterocycles. The summed E-state index contributed by atoms with van der Waals surface area (Å²) < 4.78 is 17.7. The molecule has 1 aromatic rings. The van der Waals surface area contributed by atoms with Crippen molar-refractivity contribution in [1.82, 2.24) is 4.90 Å². The standard InChI is InChI=1S/C19H26N2O4/c1-2-15-12-21(9-10-23-15)13-18(22)20-14-5-6-16-17(11-14)25-19(24-16)7-3-4-8-19/h5-6,11,15H,2-4,7-10,12-13H2,1H3,(H,20,22)/t15-/m0/s1. The quantitative estimate of drug-likeness (QED) is 0.908. The van der Waals surface area contributed by atoms with E-state index in [1.807, 2.05) is 18.2 Å². The summed E-state index contributed by atoms with van der Waals surface area (Å²) in [5.41, 5.74) is 0.752. The lowest BCUT2D eigenvalue weighted by molar-refractivity contribution is -0.119. The lowest BCUT2D eigenvalue weighted by Gasteiger charge is -2.31. The molecule has 1 aromatic carbocycles. The minimum Gasteiger partial charge on any atom is -0.448 e. The fourth-order valence-electron chi connectivity index (χ4n) is 3.86. The highest BCUT2D eigenvalue weighted by Gasteiger charge is 2.44. The molecule has 3 aliphatic rings. The zero-order chi connectivity index (χ0) is 17.3. The molecule has 1 saturated carbocycles. The molecular formula is C19H26N2O4. The number of carbonyl (C=O) groups excluding carboxylic acids is 1. The fourth-order valence-corrected chi connectivity index (χ4v) is 3.86. The molecular weight excluding hydrogens is 320 g/mol. The van der Waals surface area contributed by atoms with E-state index in [9.17, 15) is 4.79 Å². The van der Waals surface area contributed by atoms with Gasteiger partial charge in [0.05, 0.1) is 19.3 Å². The Hall–Kier alpha value is -1.79. The van der Waals surface area contributed by atoms with Crippen molar-refractivity contribution in [3.05, 3.63) is 18.2 Å². The summed E-state index contributed by atoms with van der Waals surface area (Å²) in [5, 5.41) is 2.97. The van der Waals surface area contributed by atoms with Crippen molar-refractivity contribution >= 4 is 11.6 Å². The van der Waals surface area contributed by atoms with Gasteiger partial charge in [-0.3, -0.25) is 9.69 Å². The van der Waals surface area contributed by atoms with Crippen LogP contribution >= 0.6 is 0 Å². The van der Waals surface area contributed by atoms with Crippen LogP contribution in [0.15, 0.2) is 18.2 Å². The first-order valence-corrected chi connectivity index (χ1v) is 9.32. The number of rotatable bonds is 4. The van der Waals surface area contributed by atoms with Gasteiger partial charge in [0.15, 0.2) is 11.5 Å². The highest BCUT2D eigenvalue weighted by molar-refractivity contribution is 5.92. The van der Waals surface area contributed by atoms with Crippen molar-refractivity contribution in [3.8, 4) is 11.5 Å². The Bertz CT molecular complexity index is 642. The molecule has 1 N–H and O–H groups in total. The lowest BCUT2D eigenvalue weighted by Crippen LogP contribution is -2.45. The van der Waals surface area contributed by atoms with Gasteiger partial charge in [0.1, 0.15) is 0 Å². The number of morpholine rings is 1. The molecule has 2 fully saturated rings. The molecule has 1 aliphatic carbocycles. The molecule has 4 rings (SSSR count). The van der Waals surface area contributed by atoms with Gasteiger partial charge in [0.25, 0.3) is 5.79 Å². The first-order chi connectivity index (χ1) is 12.2. The lowest BCUT2D eigenvalue weighted by atomic mass is 10.2. The Morgan fingerprint density at radius 1 is 1.28 bits per heavy atom. The third-order valence-electron chi connectivity index (χ3n) is 5.23. The average Bonchev–Trinajstić information content (AvgIpc) is 3.20. The van der Waals surface area contributed by atoms with Crippen molar-refractivity contribution in [2.75, 3.05) is 31.6 Å². The number of anilines is 1. The SMILES string of the molecule is CC[C@H]1CN(CC(=O)Nc2ccc3c(c2)OC2(CCCC2)O3)CCO1. The highest BCUT2D eigenvalue weighted by Crippen LogP contribution is 2.47. The van der Waals surface area contributed by atoms with Crippen LogP contribution in [0, 0.1) is 0 Å². The summed E-state index contributed by atoms with van der Waals surface area (Å²) >= 11 is 0. The maximum Gasteiger partial charge on any atom is 0.251 e. The van der Waals surface area contributed by atoms with Gasteiger partial charge in [-0.25, -0.2) is 0 Å². The minimum absolute atomic E-state index is 0.00815. The van der Waals surface area contributed by atoms with Crippen LogP contribution in [0.3, 0.4) is 0 Å². The highest BCUT2D eigenvalue weighted by atomic mass is 16.7. The molecule has 0 unspecified atom stereocenters. The molecule has 25 heavy (non-hydrogen) atoms. The first-order valence-electron chi connectivity index (χ1n) is 9.32. The van der Waals surface area contributed by atoms with E-state index in [4.69, 9.17) is 14.2 Å². The average molecular weight is 346 g/mol. The fraction of sp³-hybridized carbons (Fsp3) is 0.632. The summed E-state index contributed by atoms with van der Waals surface area (Å²) in [6, 6.07) is 5.64. The Balaban J connectivity index is 1.35. The number of hydrogen-bond donors (Lipinski definition) is 1. The Labute approximate surface area is 148 Å². The van der Waals surface area contributed by atoms with Crippen molar-refractivity contribution in [2.45, 2.75) is 50.9 Å². The molecule has 0 radical (unpaired) electrons. The predicted molar refractivity (Wildman–Crippen MR) is 94.0 cm³/mol. The van der Waals surface area contributed by atoms with Crippen molar-refractivity contribution in [2.24, 2.45) is 0 Å². The van der Waals surface area contributed by atoms with Crippen LogP contribution in [0.4, 0.5) is 5.69 Å². The van der Waals surface area contributed by atoms with Gasteiger partial charge in [-0.05, 0) is 31.4 Å². The van der Waals surface area contributed by atoms with Crippen LogP contribution < -0.4 is 14.8 Å². The van der Waals surface area contributed by atoms with Gasteiger partial charge in [0, 0.05) is 37.7 Å². The van der Waals surface area contributed by atoms with Crippen LogP contribution in [-0.2, 0) is 9.53 Å². The van der Waals surface area contributed by atoms with Gasteiger partial charge in [-0.1, -0.05) is 6.92 Å². The molecule has 1 saturated heterocycles. The molecule has 0 bridgehead atoms. The number of amides is 1. The van der Waals surface area contributed by atoms with Gasteiger partial charge < -0.3 is 19.5 Å². The van der Waals surface area contributed by atoms with Gasteiger partial charge in [0.2, 0.25) is 5.91 Å². The zero-order valence-corrected chi connectivity index (χ0v) is 14.8. The summed E-state index contributed by atoms with van der Waals surface area (Å²) in [5.74, 6) is 1.04. The van der Waals surface area contributed by atoms with E-state index < -0.39 is 5.79 Å². The van der Waals surface area contributed by atoms with Crippen molar-refractivity contribution in [3.63, 3.8) is 0 Å². The van der Waals surface area contributed by atoms with E-state index in [0.717, 1.165) is 62.4 Å². The normalized spacial score (nSPS) is 24.6. The minimum atomic E-state index is -0.464. The summed E-state index contributed by atoms with van der Waals surface area (Å²) in [6.45, 7) is 4.80. The van der Waals surface area contributed by atoms with Crippen molar-refractivity contribution < 1.29 is 19.0 Å². The largest absolute Gasteiger partial charge is 0.448 e. The monoisotopic (exact) mass is 346 g/mol. The van der Waals surface area contributed by atoms with E-state index in [2.05, 4.69) is 17.1 Å². The number of carbonyl (C=O) groups is 1. The number of fused-ring (bicyclic) bond motifs is 1. The van der Waals surface area contributed by atoms with Gasteiger partial charge >= 0.3 is 0 Å². The maximum absolute atomic E-state index is 12.4. The Kier molecular flexibility index (Phi) is 4.56. The van der Waals surface area contributed by atoms with Crippen LogP contribution in [0.25, 0.3) is 0 Å². The molecule has 136 valence electrons. The van der Waals surface area contributed by atoms with Gasteiger partial charge in [-0.15, -0.1) is 0 Å². The van der Waals surface area contributed by atoms with Crippen molar-refractivity contribution in [1.29, 1.82) is 0 Å². The summed E-state index contributed by atoms with van der Waals surface area (Å²) in [4.78, 5) is 14.5. The zero-order valence-electron chi connectivity index (χ0n) is 14.8. The van der Waals surface area contributed by atoms with E-state index in [1.165, 1.54) is 0 Å². The second-order valence-corrected chi connectivity index (χ2v) is 7.17. The van der Waals surface area contributed by atoms with Crippen LogP contribution in [0.1, 0.15) is 39.0 Å². The van der Waals surface area contributed by atoms with E-state index in [-0.39, 0.29) is 12.0 Å². The molecule has 6 heteroatoms. The number of ether oxygens (including phenoxy) is 3. The number of nitrogens with one attached hydrogen (secondary N) is 1. The van der Waals surface area contributed by atoms with E-state index >= 15 is 0 Å². The molecule has 6 nitrogen and oxygen atoms in total. The van der Waals surface area contributed by atoms with Crippen LogP contribution in [0.5, 0.6) is 11.5 Å². The molecule has 2 aliphatic heterocycles. The smallest absolute Gasteiger partial charge is 0.251 e. The molecule has 1 amide bonds. The predicted octanol–water partition coefficient (Wildman–Crippen LogP) is 2.78. The number of nitrogens with zero attached hydrogens (tertiary/aromatic N) is 1. The van der Waals surface area contributed by atoms with Gasteiger partial charge in [-0.2, -0.15) is 0 Å². The third kappa shape index (κ3) is 3.60. The van der Waals surface area contributed by atoms with E-state index in [0.29, 0.717) is 13.2 Å². The van der Waals surface area contributed by atoms with Crippen LogP contribution in [-0.4, -0.2) is 48.9 Å². The summed E-state index contributed by atoms with van der Waals surface area (Å²) in [7, 11) is 0. The van der Waals surface area contributed by atoms with Crippen LogP contribution in [0.2, 0.25) is 0 Å².